The molecule has 2 atom stereocenters. The summed E-state index contributed by atoms with van der Waals surface area (Å²) in [4.78, 5) is 37.7. The minimum atomic E-state index is -1.10. The van der Waals surface area contributed by atoms with E-state index in [1.165, 1.54) is 30.5 Å². The van der Waals surface area contributed by atoms with Crippen molar-refractivity contribution < 1.29 is 19.5 Å². The van der Waals surface area contributed by atoms with Gasteiger partial charge in [-0.05, 0) is 24.0 Å². The Morgan fingerprint density at radius 2 is 1.96 bits per heavy atom. The molecule has 0 fully saturated rings. The number of amides is 2. The van der Waals surface area contributed by atoms with Gasteiger partial charge in [-0.3, -0.25) is 14.5 Å². The Bertz CT molecular complexity index is 730. The van der Waals surface area contributed by atoms with Gasteiger partial charge in [-0.15, -0.1) is 11.8 Å². The lowest BCUT2D eigenvalue weighted by Gasteiger charge is -2.33. The van der Waals surface area contributed by atoms with Crippen LogP contribution in [0.4, 0.5) is 0 Å². The van der Waals surface area contributed by atoms with Gasteiger partial charge in [-0.25, -0.2) is 4.79 Å². The molecule has 0 saturated carbocycles. The van der Waals surface area contributed by atoms with Crippen molar-refractivity contribution in [2.24, 2.45) is 0 Å². The van der Waals surface area contributed by atoms with E-state index in [1.54, 1.807) is 12.2 Å². The van der Waals surface area contributed by atoms with Crippen LogP contribution in [0.15, 0.2) is 53.6 Å². The Kier molecular flexibility index (Phi) is 7.03. The molecule has 1 aliphatic heterocycles. The molecule has 0 saturated heterocycles. The maximum absolute atomic E-state index is 13.2. The monoisotopic (exact) mass is 374 g/mol. The fraction of sp³-hybridized carbons (Fsp3) is 0.316. The lowest BCUT2D eigenvalue weighted by molar-refractivity contribution is -0.148. The van der Waals surface area contributed by atoms with Crippen molar-refractivity contribution in [2.75, 3.05) is 5.75 Å². The number of nitrogens with one attached hydrogen (secondary N) is 1. The lowest BCUT2D eigenvalue weighted by atomic mass is 10.0. The molecule has 1 heterocycles. The van der Waals surface area contributed by atoms with Gasteiger partial charge in [-0.2, -0.15) is 0 Å². The Morgan fingerprint density at radius 1 is 1.27 bits per heavy atom. The molecule has 2 amide bonds. The summed E-state index contributed by atoms with van der Waals surface area (Å²) in [5.74, 6) is -1.37. The van der Waals surface area contributed by atoms with E-state index >= 15 is 0 Å². The fourth-order valence-electron chi connectivity index (χ4n) is 2.69. The number of rotatable bonds is 7. The highest BCUT2D eigenvalue weighted by Crippen LogP contribution is 2.22. The number of allylic oxidation sites excluding steroid dienone is 2. The number of nitrogens with zero attached hydrogens (tertiary/aromatic N) is 1. The molecule has 138 valence electrons. The second-order valence-corrected chi connectivity index (χ2v) is 6.86. The molecular formula is C19H22N2O4S. The van der Waals surface area contributed by atoms with E-state index < -0.39 is 24.0 Å². The number of carbonyl (C=O) groups excluding carboxylic acids is 2. The highest BCUT2D eigenvalue weighted by Gasteiger charge is 2.34. The van der Waals surface area contributed by atoms with Crippen LogP contribution < -0.4 is 5.32 Å². The Labute approximate surface area is 157 Å². The van der Waals surface area contributed by atoms with E-state index in [-0.39, 0.29) is 5.91 Å². The first-order valence-corrected chi connectivity index (χ1v) is 9.29. The summed E-state index contributed by atoms with van der Waals surface area (Å²) >= 11 is 1.48. The molecule has 0 spiro atoms. The third kappa shape index (κ3) is 5.23. The zero-order valence-corrected chi connectivity index (χ0v) is 15.5. The van der Waals surface area contributed by atoms with E-state index in [0.717, 1.165) is 5.56 Å². The Hall–Kier alpha value is -2.54. The van der Waals surface area contributed by atoms with Gasteiger partial charge in [0.1, 0.15) is 12.1 Å². The van der Waals surface area contributed by atoms with Gasteiger partial charge in [-0.1, -0.05) is 36.4 Å². The molecule has 2 rings (SSSR count). The molecule has 6 nitrogen and oxygen atoms in total. The molecular weight excluding hydrogens is 352 g/mol. The summed E-state index contributed by atoms with van der Waals surface area (Å²) < 4.78 is 0. The third-order valence-corrected chi connectivity index (χ3v) is 4.76. The number of aliphatic carboxylic acids is 1. The van der Waals surface area contributed by atoms with E-state index in [1.807, 2.05) is 35.7 Å². The van der Waals surface area contributed by atoms with Gasteiger partial charge >= 0.3 is 5.97 Å². The van der Waals surface area contributed by atoms with E-state index in [9.17, 15) is 19.5 Å². The molecule has 26 heavy (non-hydrogen) atoms. The number of thioether (sulfide) groups is 1. The van der Waals surface area contributed by atoms with Gasteiger partial charge in [0.2, 0.25) is 11.8 Å². The molecule has 0 bridgehead atoms. The van der Waals surface area contributed by atoms with E-state index in [0.29, 0.717) is 17.9 Å². The van der Waals surface area contributed by atoms with Crippen molar-refractivity contribution in [3.8, 4) is 0 Å². The summed E-state index contributed by atoms with van der Waals surface area (Å²) in [6.07, 6.45) is 3.81. The minimum Gasteiger partial charge on any atom is -0.480 e. The molecule has 0 radical (unpaired) electrons. The van der Waals surface area contributed by atoms with Crippen LogP contribution in [0.3, 0.4) is 0 Å². The van der Waals surface area contributed by atoms with Gasteiger partial charge in [0.15, 0.2) is 0 Å². The first-order valence-electron chi connectivity index (χ1n) is 8.24. The summed E-state index contributed by atoms with van der Waals surface area (Å²) in [7, 11) is 0. The number of carboxylic acids is 1. The van der Waals surface area contributed by atoms with Gasteiger partial charge in [0.25, 0.3) is 0 Å². The number of hydrogen-bond donors (Lipinski definition) is 2. The molecule has 1 aliphatic rings. The van der Waals surface area contributed by atoms with Crippen molar-refractivity contribution in [1.82, 2.24) is 10.2 Å². The predicted molar refractivity (Wildman–Crippen MR) is 101 cm³/mol. The van der Waals surface area contributed by atoms with Gasteiger partial charge in [0, 0.05) is 24.8 Å². The van der Waals surface area contributed by atoms with Crippen LogP contribution in [0.2, 0.25) is 0 Å². The summed E-state index contributed by atoms with van der Waals surface area (Å²) in [5.41, 5.74) is 1.50. The topological polar surface area (TPSA) is 86.7 Å². The van der Waals surface area contributed by atoms with Gasteiger partial charge < -0.3 is 10.4 Å². The fourth-order valence-corrected chi connectivity index (χ4v) is 3.38. The van der Waals surface area contributed by atoms with Crippen molar-refractivity contribution in [2.45, 2.75) is 32.4 Å². The van der Waals surface area contributed by atoms with Crippen LogP contribution in [0, 0.1) is 0 Å². The van der Waals surface area contributed by atoms with Crippen molar-refractivity contribution in [1.29, 1.82) is 0 Å². The molecule has 1 aromatic rings. The van der Waals surface area contributed by atoms with Crippen LogP contribution >= 0.6 is 11.8 Å². The molecule has 1 aromatic carbocycles. The molecule has 0 aliphatic carbocycles. The van der Waals surface area contributed by atoms with Crippen LogP contribution in [0.25, 0.3) is 0 Å². The average Bonchev–Trinajstić information content (AvgIpc) is 2.62. The smallest absolute Gasteiger partial charge is 0.326 e. The number of benzene rings is 1. The zero-order chi connectivity index (χ0) is 19.1. The van der Waals surface area contributed by atoms with Crippen molar-refractivity contribution >= 4 is 29.5 Å². The SMILES string of the molecule is CC(=O)N[C@@H](Cc1ccccc1)C(=O)N(C1=CC=CSC1)[C@@H](C)C(=O)O. The highest BCUT2D eigenvalue weighted by atomic mass is 32.2. The largest absolute Gasteiger partial charge is 0.480 e. The zero-order valence-electron chi connectivity index (χ0n) is 14.7. The lowest BCUT2D eigenvalue weighted by Crippen LogP contribution is -2.53. The molecule has 0 unspecified atom stereocenters. The third-order valence-electron chi connectivity index (χ3n) is 3.94. The maximum atomic E-state index is 13.2. The maximum Gasteiger partial charge on any atom is 0.326 e. The summed E-state index contributed by atoms with van der Waals surface area (Å²) in [6.45, 7) is 2.81. The van der Waals surface area contributed by atoms with Crippen molar-refractivity contribution in [3.05, 3.63) is 59.2 Å². The molecule has 0 aromatic heterocycles. The van der Waals surface area contributed by atoms with Gasteiger partial charge in [0.05, 0.1) is 0 Å². The van der Waals surface area contributed by atoms with Crippen molar-refractivity contribution in [3.63, 3.8) is 0 Å². The first-order chi connectivity index (χ1) is 12.4. The second-order valence-electron chi connectivity index (χ2n) is 5.96. The minimum absolute atomic E-state index is 0.290. The first kappa shape index (κ1) is 19.8. The Balaban J connectivity index is 2.33. The molecule has 2 N–H and O–H groups in total. The number of carboxylic acid groups (broad SMARTS) is 1. The predicted octanol–water partition coefficient (Wildman–Crippen LogP) is 2.18. The van der Waals surface area contributed by atoms with Crippen LogP contribution in [0.1, 0.15) is 19.4 Å². The Morgan fingerprint density at radius 3 is 2.50 bits per heavy atom. The van der Waals surface area contributed by atoms with E-state index in [2.05, 4.69) is 5.32 Å². The average molecular weight is 374 g/mol. The normalized spacial score (nSPS) is 15.5. The van der Waals surface area contributed by atoms with Crippen LogP contribution in [-0.2, 0) is 20.8 Å². The van der Waals surface area contributed by atoms with E-state index in [4.69, 9.17) is 0 Å². The second kappa shape index (κ2) is 9.24. The number of carbonyl (C=O) groups is 3. The highest BCUT2D eigenvalue weighted by molar-refractivity contribution is 8.02. The molecule has 7 heteroatoms. The van der Waals surface area contributed by atoms with Crippen LogP contribution in [0.5, 0.6) is 0 Å². The summed E-state index contributed by atoms with van der Waals surface area (Å²) in [6, 6.07) is 7.44. The quantitative estimate of drug-likeness (QED) is 0.764. The van der Waals surface area contributed by atoms with Crippen LogP contribution in [-0.4, -0.2) is 45.6 Å². The summed E-state index contributed by atoms with van der Waals surface area (Å²) in [5, 5.41) is 14.0. The standard InChI is InChI=1S/C19H22N2O4S/c1-13(19(24)25)21(16-9-6-10-26-12-16)18(23)17(20-14(2)22)11-15-7-4-3-5-8-15/h3-10,13,17H,11-12H2,1-2H3,(H,20,22)(H,24,25)/t13-,17-/m0/s1. The number of hydrogen-bond acceptors (Lipinski definition) is 4.